The first-order valence-electron chi connectivity index (χ1n) is 7.98. The highest BCUT2D eigenvalue weighted by Gasteiger charge is 2.16. The van der Waals surface area contributed by atoms with Crippen molar-refractivity contribution in [1.29, 1.82) is 0 Å². The van der Waals surface area contributed by atoms with E-state index in [-0.39, 0.29) is 6.04 Å². The predicted molar refractivity (Wildman–Crippen MR) is 93.8 cm³/mol. The zero-order chi connectivity index (χ0) is 16.2. The van der Waals surface area contributed by atoms with Crippen molar-refractivity contribution in [3.63, 3.8) is 0 Å². The third-order valence-electron chi connectivity index (χ3n) is 4.38. The summed E-state index contributed by atoms with van der Waals surface area (Å²) in [6.45, 7) is 2.18. The molecule has 0 amide bonds. The summed E-state index contributed by atoms with van der Waals surface area (Å²) in [7, 11) is 3.42. The average Bonchev–Trinajstić information content (AvgIpc) is 2.61. The highest BCUT2D eigenvalue weighted by molar-refractivity contribution is 5.62. The van der Waals surface area contributed by atoms with E-state index in [1.165, 1.54) is 22.4 Å². The van der Waals surface area contributed by atoms with Gasteiger partial charge in [0.15, 0.2) is 0 Å². The summed E-state index contributed by atoms with van der Waals surface area (Å²) in [4.78, 5) is 0. The fraction of sp³-hybridized carbons (Fsp3) is 0.300. The van der Waals surface area contributed by atoms with Crippen LogP contribution in [0.1, 0.15) is 36.1 Å². The molecular formula is C20H23NO2. The molecule has 0 aromatic heterocycles. The van der Waals surface area contributed by atoms with Crippen molar-refractivity contribution in [2.45, 2.75) is 25.8 Å². The second-order valence-electron chi connectivity index (χ2n) is 5.84. The van der Waals surface area contributed by atoms with Crippen molar-refractivity contribution in [1.82, 2.24) is 5.32 Å². The molecule has 2 aromatic carbocycles. The van der Waals surface area contributed by atoms with Crippen LogP contribution in [0.2, 0.25) is 0 Å². The van der Waals surface area contributed by atoms with E-state index < -0.39 is 0 Å². The van der Waals surface area contributed by atoms with Gasteiger partial charge in [-0.25, -0.2) is 0 Å². The Kier molecular flexibility index (Phi) is 4.56. The van der Waals surface area contributed by atoms with Crippen molar-refractivity contribution in [3.8, 4) is 11.5 Å². The normalized spacial score (nSPS) is 14.5. The van der Waals surface area contributed by atoms with Gasteiger partial charge in [0.2, 0.25) is 0 Å². The van der Waals surface area contributed by atoms with Crippen molar-refractivity contribution >= 4 is 6.08 Å². The second kappa shape index (κ2) is 6.78. The maximum Gasteiger partial charge on any atom is 0.122 e. The van der Waals surface area contributed by atoms with E-state index in [1.54, 1.807) is 14.2 Å². The van der Waals surface area contributed by atoms with Crippen LogP contribution in [0, 0.1) is 0 Å². The number of ether oxygens (including phenoxy) is 2. The van der Waals surface area contributed by atoms with Crippen LogP contribution in [0.15, 0.2) is 48.2 Å². The molecule has 1 unspecified atom stereocenters. The Hall–Kier alpha value is -2.42. The fourth-order valence-corrected chi connectivity index (χ4v) is 3.06. The minimum absolute atomic E-state index is 0.263. The Morgan fingerprint density at radius 3 is 2.43 bits per heavy atom. The van der Waals surface area contributed by atoms with Crippen LogP contribution in [0.5, 0.6) is 11.5 Å². The van der Waals surface area contributed by atoms with Gasteiger partial charge in [-0.15, -0.1) is 0 Å². The summed E-state index contributed by atoms with van der Waals surface area (Å²) in [5.74, 6) is 1.87. The molecule has 1 aliphatic carbocycles. The van der Waals surface area contributed by atoms with Gasteiger partial charge in [-0.3, -0.25) is 0 Å². The minimum atomic E-state index is 0.263. The first kappa shape index (κ1) is 15.5. The Bertz CT molecular complexity index is 704. The van der Waals surface area contributed by atoms with E-state index in [9.17, 15) is 0 Å². The highest BCUT2D eigenvalue weighted by Crippen LogP contribution is 2.31. The summed E-state index contributed by atoms with van der Waals surface area (Å²) in [5, 5.41) is 3.63. The topological polar surface area (TPSA) is 30.5 Å². The summed E-state index contributed by atoms with van der Waals surface area (Å²) >= 11 is 0. The molecule has 2 aromatic rings. The van der Waals surface area contributed by atoms with E-state index in [1.807, 2.05) is 24.3 Å². The van der Waals surface area contributed by atoms with Gasteiger partial charge in [0.1, 0.15) is 11.5 Å². The van der Waals surface area contributed by atoms with E-state index in [2.05, 4.69) is 36.5 Å². The monoisotopic (exact) mass is 309 g/mol. The Morgan fingerprint density at radius 2 is 1.74 bits per heavy atom. The smallest absolute Gasteiger partial charge is 0.122 e. The maximum absolute atomic E-state index is 5.46. The molecule has 3 rings (SSSR count). The van der Waals surface area contributed by atoms with Crippen molar-refractivity contribution in [3.05, 3.63) is 64.9 Å². The zero-order valence-corrected chi connectivity index (χ0v) is 13.9. The van der Waals surface area contributed by atoms with Crippen molar-refractivity contribution in [2.75, 3.05) is 14.2 Å². The Balaban J connectivity index is 1.76. The molecule has 0 aliphatic heterocycles. The van der Waals surface area contributed by atoms with Gasteiger partial charge >= 0.3 is 0 Å². The molecule has 0 radical (unpaired) electrons. The molecule has 0 bridgehead atoms. The molecule has 1 aliphatic rings. The van der Waals surface area contributed by atoms with E-state index in [0.29, 0.717) is 0 Å². The van der Waals surface area contributed by atoms with Gasteiger partial charge in [-0.2, -0.15) is 0 Å². The first-order valence-corrected chi connectivity index (χ1v) is 7.98. The number of fused-ring (bicyclic) bond motifs is 1. The number of benzene rings is 2. The van der Waals surface area contributed by atoms with Crippen LogP contribution in [-0.2, 0) is 6.42 Å². The Morgan fingerprint density at radius 1 is 0.957 bits per heavy atom. The number of methoxy groups -OCH3 is 2. The largest absolute Gasteiger partial charge is 0.497 e. The van der Waals surface area contributed by atoms with Gasteiger partial charge in [0.05, 0.1) is 14.2 Å². The molecule has 0 saturated carbocycles. The quantitative estimate of drug-likeness (QED) is 0.891. The second-order valence-corrected chi connectivity index (χ2v) is 5.84. The maximum atomic E-state index is 5.46. The molecular weight excluding hydrogens is 286 g/mol. The molecule has 0 saturated heterocycles. The van der Waals surface area contributed by atoms with Crippen LogP contribution < -0.4 is 14.8 Å². The summed E-state index contributed by atoms with van der Waals surface area (Å²) in [5.41, 5.74) is 5.08. The number of allylic oxidation sites excluding steroid dienone is 1. The van der Waals surface area contributed by atoms with Crippen LogP contribution >= 0.6 is 0 Å². The van der Waals surface area contributed by atoms with Gasteiger partial charge in [0, 0.05) is 17.3 Å². The number of hydrogen-bond donors (Lipinski definition) is 1. The highest BCUT2D eigenvalue weighted by atomic mass is 16.5. The van der Waals surface area contributed by atoms with Gasteiger partial charge in [0.25, 0.3) is 0 Å². The first-order chi connectivity index (χ1) is 11.2. The lowest BCUT2D eigenvalue weighted by molar-refractivity contribution is 0.409. The molecule has 1 atom stereocenters. The van der Waals surface area contributed by atoms with Crippen LogP contribution in [0.4, 0.5) is 0 Å². The number of nitrogens with one attached hydrogen (secondary N) is 1. The average molecular weight is 309 g/mol. The molecule has 23 heavy (non-hydrogen) atoms. The van der Waals surface area contributed by atoms with Gasteiger partial charge < -0.3 is 14.8 Å². The molecule has 3 nitrogen and oxygen atoms in total. The van der Waals surface area contributed by atoms with Crippen molar-refractivity contribution in [2.24, 2.45) is 0 Å². The van der Waals surface area contributed by atoms with Gasteiger partial charge in [-0.1, -0.05) is 24.3 Å². The fourth-order valence-electron chi connectivity index (χ4n) is 3.06. The number of rotatable bonds is 5. The standard InChI is InChI=1S/C20H23NO2/c1-14(15-7-10-18(22-2)11-8-15)21-17-9-12-19-16(13-17)5-4-6-20(19)23-3/h4-8,10-11,13-14,21H,9,12H2,1-3H3. The molecule has 0 spiro atoms. The molecule has 0 heterocycles. The van der Waals surface area contributed by atoms with E-state index in [4.69, 9.17) is 9.47 Å². The van der Waals surface area contributed by atoms with Crippen molar-refractivity contribution < 1.29 is 9.47 Å². The number of hydrogen-bond acceptors (Lipinski definition) is 3. The van der Waals surface area contributed by atoms with Crippen LogP contribution in [-0.4, -0.2) is 14.2 Å². The zero-order valence-electron chi connectivity index (χ0n) is 13.9. The molecule has 1 N–H and O–H groups in total. The molecule has 120 valence electrons. The van der Waals surface area contributed by atoms with E-state index >= 15 is 0 Å². The third-order valence-corrected chi connectivity index (χ3v) is 4.38. The SMILES string of the molecule is COc1ccc(C(C)NC2=Cc3cccc(OC)c3CC2)cc1. The summed E-state index contributed by atoms with van der Waals surface area (Å²) in [6.07, 6.45) is 4.25. The van der Waals surface area contributed by atoms with Gasteiger partial charge in [-0.05, 0) is 55.2 Å². The lowest BCUT2D eigenvalue weighted by Crippen LogP contribution is -2.20. The molecule has 3 heteroatoms. The predicted octanol–water partition coefficient (Wildman–Crippen LogP) is 4.34. The lowest BCUT2D eigenvalue weighted by Gasteiger charge is -2.23. The minimum Gasteiger partial charge on any atom is -0.497 e. The van der Waals surface area contributed by atoms with Crippen LogP contribution in [0.25, 0.3) is 6.08 Å². The van der Waals surface area contributed by atoms with Crippen LogP contribution in [0.3, 0.4) is 0 Å². The third kappa shape index (κ3) is 3.34. The molecule has 0 fully saturated rings. The lowest BCUT2D eigenvalue weighted by atomic mass is 9.94. The summed E-state index contributed by atoms with van der Waals surface area (Å²) < 4.78 is 10.7. The summed E-state index contributed by atoms with van der Waals surface area (Å²) in [6, 6.07) is 14.7. The Labute approximate surface area is 137 Å². The van der Waals surface area contributed by atoms with E-state index in [0.717, 1.165) is 24.3 Å².